The van der Waals surface area contributed by atoms with Gasteiger partial charge in [-0.2, -0.15) is 0 Å². The first-order valence-electron chi connectivity index (χ1n) is 15.0. The van der Waals surface area contributed by atoms with Crippen LogP contribution < -0.4 is 4.90 Å². The van der Waals surface area contributed by atoms with Gasteiger partial charge in [-0.1, -0.05) is 121 Å². The molecular weight excluding hydrogens is 532 g/mol. The van der Waals surface area contributed by atoms with Crippen molar-refractivity contribution in [1.82, 2.24) is 4.57 Å². The zero-order valence-electron chi connectivity index (χ0n) is 24.2. The second-order valence-electron chi connectivity index (χ2n) is 11.0. The lowest BCUT2D eigenvalue weighted by Gasteiger charge is -2.28. The molecule has 0 aliphatic carbocycles. The Bertz CT molecular complexity index is 2140. The molecule has 0 spiro atoms. The Morgan fingerprint density at radius 2 is 0.886 bits per heavy atom. The summed E-state index contributed by atoms with van der Waals surface area (Å²) in [5.74, 6) is 0. The number of hydrogen-bond acceptors (Lipinski definition) is 1. The predicted octanol–water partition coefficient (Wildman–Crippen LogP) is 11.6. The second kappa shape index (κ2) is 11.1. The van der Waals surface area contributed by atoms with Gasteiger partial charge in [-0.05, 0) is 82.9 Å². The first kappa shape index (κ1) is 25.8. The molecule has 1 heterocycles. The fourth-order valence-electron chi connectivity index (χ4n) is 6.38. The summed E-state index contributed by atoms with van der Waals surface area (Å²) in [4.78, 5) is 2.42. The lowest BCUT2D eigenvalue weighted by atomic mass is 9.97. The molecule has 8 aromatic rings. The van der Waals surface area contributed by atoms with Crippen LogP contribution in [0.2, 0.25) is 0 Å². The molecular formula is C42H30N2. The molecule has 0 N–H and O–H groups in total. The van der Waals surface area contributed by atoms with E-state index in [2.05, 4.69) is 191 Å². The maximum Gasteiger partial charge on any atom is 0.0562 e. The molecule has 0 aliphatic rings. The van der Waals surface area contributed by atoms with Crippen LogP contribution in [0.1, 0.15) is 0 Å². The molecule has 0 unspecified atom stereocenters. The minimum Gasteiger partial charge on any atom is -0.310 e. The molecule has 0 aliphatic heterocycles. The third kappa shape index (κ3) is 4.54. The van der Waals surface area contributed by atoms with E-state index >= 15 is 0 Å². The first-order valence-corrected chi connectivity index (χ1v) is 15.0. The lowest BCUT2D eigenvalue weighted by Crippen LogP contribution is -2.10. The highest BCUT2D eigenvalue weighted by Crippen LogP contribution is 2.45. The van der Waals surface area contributed by atoms with Crippen molar-refractivity contribution in [2.24, 2.45) is 0 Å². The van der Waals surface area contributed by atoms with Crippen molar-refractivity contribution >= 4 is 38.9 Å². The molecule has 0 amide bonds. The summed E-state index contributed by atoms with van der Waals surface area (Å²) in [5.41, 5.74) is 11.6. The average Bonchev–Trinajstić information content (AvgIpc) is 3.45. The van der Waals surface area contributed by atoms with E-state index in [1.54, 1.807) is 0 Å². The number of fused-ring (bicyclic) bond motifs is 3. The van der Waals surface area contributed by atoms with Gasteiger partial charge in [0.1, 0.15) is 0 Å². The van der Waals surface area contributed by atoms with E-state index in [9.17, 15) is 0 Å². The van der Waals surface area contributed by atoms with Gasteiger partial charge < -0.3 is 9.47 Å². The van der Waals surface area contributed by atoms with Crippen molar-refractivity contribution < 1.29 is 0 Å². The summed E-state index contributed by atoms with van der Waals surface area (Å²) in [6.07, 6.45) is 0. The minimum absolute atomic E-state index is 1.11. The topological polar surface area (TPSA) is 8.17 Å². The van der Waals surface area contributed by atoms with Gasteiger partial charge in [0.05, 0.1) is 16.7 Å². The maximum absolute atomic E-state index is 2.42. The molecule has 0 saturated carbocycles. The Morgan fingerprint density at radius 1 is 0.364 bits per heavy atom. The van der Waals surface area contributed by atoms with Gasteiger partial charge in [-0.25, -0.2) is 0 Å². The number of anilines is 3. The monoisotopic (exact) mass is 562 g/mol. The van der Waals surface area contributed by atoms with Crippen LogP contribution in [-0.2, 0) is 0 Å². The SMILES string of the molecule is c1ccc(-c2cc(-c3ccccc3)cc(N(c3ccccc3)c3cccc4c3c3ccccc3n4-c3ccccc3)c2)cc1. The standard InChI is InChI=1S/C42H30N2/c1-5-16-31(17-6-1)33-28-34(32-18-7-2-8-19-32)30-37(29-33)43(35-20-9-3-10-21-35)40-26-15-27-41-42(40)38-24-13-14-25-39(38)44(41)36-22-11-4-12-23-36/h1-30H. The third-order valence-corrected chi connectivity index (χ3v) is 8.34. The Hall–Kier alpha value is -5.86. The van der Waals surface area contributed by atoms with Crippen LogP contribution >= 0.6 is 0 Å². The van der Waals surface area contributed by atoms with Crippen molar-refractivity contribution in [3.05, 3.63) is 182 Å². The summed E-state index contributed by atoms with van der Waals surface area (Å²) >= 11 is 0. The number of rotatable bonds is 6. The zero-order chi connectivity index (χ0) is 29.3. The quantitative estimate of drug-likeness (QED) is 0.196. The molecule has 0 atom stereocenters. The van der Waals surface area contributed by atoms with E-state index in [1.165, 1.54) is 44.1 Å². The summed E-state index contributed by atoms with van der Waals surface area (Å²) in [7, 11) is 0. The number of hydrogen-bond donors (Lipinski definition) is 0. The molecule has 0 saturated heterocycles. The van der Waals surface area contributed by atoms with Crippen molar-refractivity contribution in [3.8, 4) is 27.9 Å². The minimum atomic E-state index is 1.11. The molecule has 0 bridgehead atoms. The molecule has 1 aromatic heterocycles. The van der Waals surface area contributed by atoms with E-state index in [1.807, 2.05) is 0 Å². The van der Waals surface area contributed by atoms with Crippen LogP contribution in [0.3, 0.4) is 0 Å². The molecule has 2 heteroatoms. The Labute approximate surface area is 257 Å². The highest BCUT2D eigenvalue weighted by atomic mass is 15.1. The van der Waals surface area contributed by atoms with Gasteiger partial charge in [0.2, 0.25) is 0 Å². The van der Waals surface area contributed by atoms with Crippen LogP contribution in [0.5, 0.6) is 0 Å². The number of para-hydroxylation sites is 3. The van der Waals surface area contributed by atoms with Gasteiger partial charge in [-0.15, -0.1) is 0 Å². The van der Waals surface area contributed by atoms with Crippen LogP contribution in [-0.4, -0.2) is 4.57 Å². The van der Waals surface area contributed by atoms with Crippen LogP contribution in [0.4, 0.5) is 17.1 Å². The Balaban J connectivity index is 1.45. The van der Waals surface area contributed by atoms with Gasteiger partial charge in [0.25, 0.3) is 0 Å². The summed E-state index contributed by atoms with van der Waals surface area (Å²) in [5, 5.41) is 2.45. The van der Waals surface area contributed by atoms with Gasteiger partial charge in [0.15, 0.2) is 0 Å². The number of nitrogens with zero attached hydrogens (tertiary/aromatic N) is 2. The third-order valence-electron chi connectivity index (χ3n) is 8.34. The first-order chi connectivity index (χ1) is 21.8. The highest BCUT2D eigenvalue weighted by Gasteiger charge is 2.21. The van der Waals surface area contributed by atoms with Crippen molar-refractivity contribution in [1.29, 1.82) is 0 Å². The molecule has 0 radical (unpaired) electrons. The molecule has 208 valence electrons. The number of aromatic nitrogens is 1. The summed E-state index contributed by atoms with van der Waals surface area (Å²) < 4.78 is 2.38. The molecule has 8 rings (SSSR count). The van der Waals surface area contributed by atoms with E-state index in [0.29, 0.717) is 0 Å². The van der Waals surface area contributed by atoms with Crippen molar-refractivity contribution in [3.63, 3.8) is 0 Å². The summed E-state index contributed by atoms with van der Waals surface area (Å²) in [6, 6.07) is 65.1. The Morgan fingerprint density at radius 3 is 1.52 bits per heavy atom. The average molecular weight is 563 g/mol. The van der Waals surface area contributed by atoms with Gasteiger partial charge in [0, 0.05) is 27.8 Å². The molecule has 44 heavy (non-hydrogen) atoms. The van der Waals surface area contributed by atoms with Crippen LogP contribution in [0.25, 0.3) is 49.7 Å². The summed E-state index contributed by atoms with van der Waals surface area (Å²) in [6.45, 7) is 0. The van der Waals surface area contributed by atoms with Gasteiger partial charge in [-0.3, -0.25) is 0 Å². The van der Waals surface area contributed by atoms with Crippen LogP contribution in [0.15, 0.2) is 182 Å². The van der Waals surface area contributed by atoms with E-state index in [-0.39, 0.29) is 0 Å². The zero-order valence-corrected chi connectivity index (χ0v) is 24.2. The smallest absolute Gasteiger partial charge is 0.0562 e. The number of benzene rings is 7. The van der Waals surface area contributed by atoms with Gasteiger partial charge >= 0.3 is 0 Å². The van der Waals surface area contributed by atoms with Crippen molar-refractivity contribution in [2.75, 3.05) is 4.90 Å². The van der Waals surface area contributed by atoms with E-state index < -0.39 is 0 Å². The lowest BCUT2D eigenvalue weighted by molar-refractivity contribution is 1.18. The van der Waals surface area contributed by atoms with E-state index in [0.717, 1.165) is 22.7 Å². The van der Waals surface area contributed by atoms with E-state index in [4.69, 9.17) is 0 Å². The highest BCUT2D eigenvalue weighted by molar-refractivity contribution is 6.16. The predicted molar refractivity (Wildman–Crippen MR) is 186 cm³/mol. The largest absolute Gasteiger partial charge is 0.310 e. The fourth-order valence-corrected chi connectivity index (χ4v) is 6.38. The molecule has 7 aromatic carbocycles. The van der Waals surface area contributed by atoms with Crippen LogP contribution in [0, 0.1) is 0 Å². The second-order valence-corrected chi connectivity index (χ2v) is 11.0. The maximum atomic E-state index is 2.42. The normalized spacial score (nSPS) is 11.2. The Kier molecular flexibility index (Phi) is 6.51. The fraction of sp³-hybridized carbons (Fsp3) is 0. The molecule has 2 nitrogen and oxygen atoms in total. The molecule has 0 fully saturated rings. The van der Waals surface area contributed by atoms with Crippen molar-refractivity contribution in [2.45, 2.75) is 0 Å².